The van der Waals surface area contributed by atoms with Gasteiger partial charge in [0.05, 0.1) is 42.7 Å². The highest BCUT2D eigenvalue weighted by atomic mass is 16.8. The zero-order valence-electron chi connectivity index (χ0n) is 50.5. The summed E-state index contributed by atoms with van der Waals surface area (Å²) in [6.45, 7) is 13.1. The van der Waals surface area contributed by atoms with Crippen molar-refractivity contribution in [2.45, 2.75) is 341 Å². The van der Waals surface area contributed by atoms with Gasteiger partial charge in [-0.3, -0.25) is 0 Å². The first-order valence-electron chi connectivity index (χ1n) is 31.0. The Kier molecular flexibility index (Phi) is 25.5. The third kappa shape index (κ3) is 14.7. The average Bonchev–Trinajstić information content (AvgIpc) is 1.22. The summed E-state index contributed by atoms with van der Waals surface area (Å²) in [5.74, 6) is -2.24. The topological polar surface area (TPSA) is 482 Å². The summed E-state index contributed by atoms with van der Waals surface area (Å²) in [5, 5.41) is 196. The Hall–Kier alpha value is -1.86. The highest BCUT2D eigenvalue weighted by Crippen LogP contribution is 2.40. The van der Waals surface area contributed by atoms with E-state index in [0.29, 0.717) is 0 Å². The maximum absolute atomic E-state index is 11.7. The van der Waals surface area contributed by atoms with E-state index < -0.39 is 239 Å². The van der Waals surface area contributed by atoms with Crippen LogP contribution in [0.25, 0.3) is 0 Å². The molecule has 88 heavy (non-hydrogen) atoms. The molecule has 37 unspecified atom stereocenters. The van der Waals surface area contributed by atoms with Crippen LogP contribution in [0.5, 0.6) is 0 Å². The molecule has 0 aromatic carbocycles. The lowest BCUT2D eigenvalue weighted by atomic mass is 9.93. The molecule has 18 rings (SSSR count). The number of hydrogen-bond acceptors (Lipinski definition) is 32. The summed E-state index contributed by atoms with van der Waals surface area (Å²) in [4.78, 5) is 0. The van der Waals surface area contributed by atoms with Crippen LogP contribution < -0.4 is 0 Å². The summed E-state index contributed by atoms with van der Waals surface area (Å²) in [6.07, 6.45) is -60.9. The first-order valence-corrected chi connectivity index (χ1v) is 31.0. The molecule has 32 heteroatoms. The highest BCUT2D eigenvalue weighted by molar-refractivity contribution is 5.09. The Labute approximate surface area is 508 Å². The van der Waals surface area contributed by atoms with E-state index in [2.05, 4.69) is 0 Å². The van der Waals surface area contributed by atoms with Gasteiger partial charge < -0.3 is 158 Å². The maximum Gasteiger partial charge on any atom is 0.218 e. The minimum absolute atomic E-state index is 0.00177. The lowest BCUT2D eigenvalue weighted by molar-refractivity contribution is -0.395. The molecule has 512 valence electrons. The van der Waals surface area contributed by atoms with Gasteiger partial charge in [0.2, 0.25) is 6.29 Å². The van der Waals surface area contributed by atoms with Crippen LogP contribution in [0, 0.1) is 0 Å². The molecular weight excluding hydrogens is 1180 g/mol. The lowest BCUT2D eigenvalue weighted by Crippen LogP contribution is -2.67. The van der Waals surface area contributed by atoms with Crippen LogP contribution in [0.15, 0.2) is 11.5 Å². The molecule has 18 aliphatic rings. The van der Waals surface area contributed by atoms with Gasteiger partial charge in [0.1, 0.15) is 134 Å². The van der Waals surface area contributed by atoms with E-state index in [4.69, 9.17) is 71.1 Å². The van der Waals surface area contributed by atoms with E-state index in [1.165, 1.54) is 0 Å². The quantitative estimate of drug-likeness (QED) is 0.103. The molecule has 7 fully saturated rings. The van der Waals surface area contributed by atoms with E-state index in [1.807, 2.05) is 0 Å². The molecule has 0 saturated carbocycles. The fourth-order valence-electron chi connectivity index (χ4n) is 12.7. The molecule has 14 bridgehead atoms. The minimum Gasteiger partial charge on any atom is -0.506 e. The fourth-order valence-corrected chi connectivity index (χ4v) is 12.7. The summed E-state index contributed by atoms with van der Waals surface area (Å²) in [5.41, 5.74) is 0. The first-order chi connectivity index (χ1) is 41.8. The van der Waals surface area contributed by atoms with Crippen LogP contribution in [-0.4, -0.2) is 314 Å². The van der Waals surface area contributed by atoms with Crippen molar-refractivity contribution in [3.63, 3.8) is 0 Å². The second kappa shape index (κ2) is 31.1. The van der Waals surface area contributed by atoms with Gasteiger partial charge in [0.15, 0.2) is 55.5 Å². The van der Waals surface area contributed by atoms with Crippen LogP contribution in [0.2, 0.25) is 0 Å². The van der Waals surface area contributed by atoms with E-state index in [0.717, 1.165) is 0 Å². The van der Waals surface area contributed by atoms with Gasteiger partial charge in [0.25, 0.3) is 0 Å². The van der Waals surface area contributed by atoms with Gasteiger partial charge in [-0.1, -0.05) is 61.8 Å². The first kappa shape index (κ1) is 72.0. The Morgan fingerprint density at radius 3 is 0.591 bits per heavy atom. The molecule has 0 amide bonds. The van der Waals surface area contributed by atoms with Crippen molar-refractivity contribution in [2.24, 2.45) is 0 Å². The Morgan fingerprint density at radius 2 is 0.409 bits per heavy atom. The largest absolute Gasteiger partial charge is 0.506 e. The van der Waals surface area contributed by atoms with Crippen molar-refractivity contribution in [2.75, 3.05) is 0 Å². The predicted molar refractivity (Wildman–Crippen MR) is 289 cm³/mol. The van der Waals surface area contributed by atoms with E-state index in [-0.39, 0.29) is 57.8 Å². The monoisotopic (exact) mass is 1280 g/mol. The standard InChI is InChI=1S/C56H96O32/c1-9-17-25-26(57)34(65)49(73)82-42-18(10-2)75-51(36(67)27(42)58)84-44-20(12-4)77-53(38(69)29(44)60)86-46-22(14-6)79-55(40(71)31(46)62)88-48-24(16-8)80-56(41(72)33(48)64)87-47-23(15-7)78-54(39(70)32(47)63)85-45-21(13-5)76-52(37(68)30(45)61)83-43-19(11-3)74-50(81-25)35(66)28(43)59/h18-25,27-33,35-73H,9-17H2,1-8H3/b34-26-. The summed E-state index contributed by atoms with van der Waals surface area (Å²) >= 11 is 0. The third-order valence-corrected chi connectivity index (χ3v) is 18.0. The molecule has 0 aromatic heterocycles. The van der Waals surface area contributed by atoms with Gasteiger partial charge in [-0.25, -0.2) is 0 Å². The second-order valence-electron chi connectivity index (χ2n) is 23.8. The van der Waals surface area contributed by atoms with Crippen LogP contribution in [-0.2, 0) is 71.1 Å². The second-order valence-corrected chi connectivity index (χ2v) is 23.8. The molecule has 32 nitrogen and oxygen atoms in total. The molecule has 0 radical (unpaired) electrons. The van der Waals surface area contributed by atoms with Gasteiger partial charge in [-0.05, 0) is 51.4 Å². The minimum atomic E-state index is -2.44. The van der Waals surface area contributed by atoms with Gasteiger partial charge >= 0.3 is 0 Å². The van der Waals surface area contributed by atoms with Crippen molar-refractivity contribution in [1.82, 2.24) is 0 Å². The van der Waals surface area contributed by atoms with Crippen LogP contribution in [0.4, 0.5) is 0 Å². The van der Waals surface area contributed by atoms with Crippen molar-refractivity contribution in [1.29, 1.82) is 0 Å². The Bertz CT molecular complexity index is 2160. The van der Waals surface area contributed by atoms with Crippen molar-refractivity contribution < 1.29 is 158 Å². The zero-order valence-corrected chi connectivity index (χ0v) is 50.5. The molecule has 0 spiro atoms. The summed E-state index contributed by atoms with van der Waals surface area (Å²) in [6, 6.07) is 0. The molecule has 17 N–H and O–H groups in total. The van der Waals surface area contributed by atoms with Crippen molar-refractivity contribution >= 4 is 0 Å². The van der Waals surface area contributed by atoms with Crippen LogP contribution in [0.3, 0.4) is 0 Å². The molecular formula is C56H96O32. The number of aliphatic hydroxyl groups excluding tert-OH is 17. The SMILES string of the molecule is CCCC1OC2OC(CC)C(OC3OC(CC)C(OC4OC(CC)C(OC5OC(CC)C(OC6OC(CC)C(OC7OC(CC)C(OC8OC(CC)C(OC(O)/C(O)=C\1O)C(O)C8O)C(O)C7O)C(O)C6O)C(O)C5O)C(O)C4O)C(O)C3O)C(O)C2O. The molecule has 18 heterocycles. The summed E-state index contributed by atoms with van der Waals surface area (Å²) < 4.78 is 90.7. The van der Waals surface area contributed by atoms with Gasteiger partial charge in [-0.15, -0.1) is 0 Å². The highest BCUT2D eigenvalue weighted by Gasteiger charge is 2.59. The van der Waals surface area contributed by atoms with E-state index in [1.54, 1.807) is 55.4 Å². The Balaban J connectivity index is 1.07. The average molecular weight is 1280 g/mol. The summed E-state index contributed by atoms with van der Waals surface area (Å²) in [7, 11) is 0. The van der Waals surface area contributed by atoms with Crippen LogP contribution >= 0.6 is 0 Å². The molecule has 0 aliphatic carbocycles. The van der Waals surface area contributed by atoms with Crippen molar-refractivity contribution in [3.05, 3.63) is 11.5 Å². The number of hydrogen-bond donors (Lipinski definition) is 17. The smallest absolute Gasteiger partial charge is 0.218 e. The number of ether oxygens (including phenoxy) is 15. The molecule has 0 aromatic rings. The zero-order chi connectivity index (χ0) is 64.5. The maximum atomic E-state index is 11.7. The van der Waals surface area contributed by atoms with E-state index >= 15 is 0 Å². The number of aliphatic hydroxyl groups is 17. The molecule has 18 aliphatic heterocycles. The lowest BCUT2D eigenvalue weighted by Gasteiger charge is -2.50. The fraction of sp³-hybridized carbons (Fsp3) is 0.964. The van der Waals surface area contributed by atoms with Gasteiger partial charge in [-0.2, -0.15) is 0 Å². The Morgan fingerprint density at radius 1 is 0.227 bits per heavy atom. The molecule has 37 atom stereocenters. The number of fused-ring (bicyclic) bond motifs is 1. The predicted octanol–water partition coefficient (Wildman–Crippen LogP) is -4.48. The normalized spacial score (nSPS) is 53.2. The van der Waals surface area contributed by atoms with Crippen LogP contribution in [0.1, 0.15) is 113 Å². The van der Waals surface area contributed by atoms with Gasteiger partial charge in [0, 0.05) is 0 Å². The third-order valence-electron chi connectivity index (χ3n) is 18.0. The van der Waals surface area contributed by atoms with Crippen molar-refractivity contribution in [3.8, 4) is 0 Å². The number of rotatable bonds is 9. The van der Waals surface area contributed by atoms with E-state index in [9.17, 15) is 86.8 Å². The molecule has 7 saturated heterocycles.